The number of furan rings is 1. The minimum atomic E-state index is -0.184. The Kier molecular flexibility index (Phi) is 6.01. The lowest BCUT2D eigenvalue weighted by atomic mass is 10.1. The monoisotopic (exact) mass is 489 g/mol. The summed E-state index contributed by atoms with van der Waals surface area (Å²) in [5.74, 6) is 0.224. The largest absolute Gasteiger partial charge is 0.451 e. The lowest BCUT2D eigenvalue weighted by Crippen LogP contribution is -2.39. The van der Waals surface area contributed by atoms with Gasteiger partial charge in [0.05, 0.1) is 0 Å². The van der Waals surface area contributed by atoms with Gasteiger partial charge in [-0.15, -0.1) is 0 Å². The van der Waals surface area contributed by atoms with Gasteiger partial charge in [0.15, 0.2) is 5.76 Å². The molecule has 4 rings (SSSR count). The molecule has 1 saturated heterocycles. The number of nitrogens with zero attached hydrogens (tertiary/aromatic N) is 2. The van der Waals surface area contributed by atoms with Crippen LogP contribution in [0.4, 0.5) is 10.5 Å². The Morgan fingerprint density at radius 1 is 1.03 bits per heavy atom. The summed E-state index contributed by atoms with van der Waals surface area (Å²) in [5, 5.41) is 4.42. The fourth-order valence-electron chi connectivity index (χ4n) is 3.60. The van der Waals surface area contributed by atoms with Gasteiger partial charge in [-0.05, 0) is 55.8 Å². The molecule has 1 aliphatic heterocycles. The van der Waals surface area contributed by atoms with E-state index < -0.39 is 0 Å². The number of carbonyl (C=O) groups excluding carboxylic acids is 2. The minimum Gasteiger partial charge on any atom is -0.451 e. The zero-order valence-corrected chi connectivity index (χ0v) is 18.8. The first-order valence-electron chi connectivity index (χ1n) is 9.72. The molecule has 1 fully saturated rings. The highest BCUT2D eigenvalue weighted by Gasteiger charge is 2.26. The summed E-state index contributed by atoms with van der Waals surface area (Å²) in [4.78, 5) is 29.2. The molecule has 1 aliphatic rings. The third kappa shape index (κ3) is 4.32. The van der Waals surface area contributed by atoms with Crippen molar-refractivity contribution in [1.82, 2.24) is 9.80 Å². The number of amides is 3. The van der Waals surface area contributed by atoms with Crippen molar-refractivity contribution >= 4 is 56.1 Å². The fraction of sp³-hybridized carbons (Fsp3) is 0.273. The Bertz CT molecular complexity index is 1100. The van der Waals surface area contributed by atoms with Gasteiger partial charge in [0, 0.05) is 52.3 Å². The molecule has 0 spiro atoms. The third-order valence-corrected chi connectivity index (χ3v) is 6.00. The number of nitrogens with one attached hydrogen (secondary N) is 1. The Hall–Kier alpha value is -2.51. The van der Waals surface area contributed by atoms with E-state index in [0.717, 1.165) is 15.4 Å². The molecule has 3 aromatic rings. The van der Waals surface area contributed by atoms with Gasteiger partial charge in [0.1, 0.15) is 5.58 Å². The van der Waals surface area contributed by atoms with Crippen molar-refractivity contribution in [3.63, 3.8) is 0 Å². The second-order valence-electron chi connectivity index (χ2n) is 7.27. The standard InChI is InChI=1S/C22H21BrClN3O3/c1-14-18-13-15(23)3-8-19(18)30-20(14)21(28)26-9-2-10-27(12-11-26)22(29)25-17-6-4-16(24)5-7-17/h3-8,13H,2,9-12H2,1H3,(H,25,29). The molecule has 6 nitrogen and oxygen atoms in total. The summed E-state index contributed by atoms with van der Waals surface area (Å²) >= 11 is 9.35. The van der Waals surface area contributed by atoms with Crippen molar-refractivity contribution in [2.45, 2.75) is 13.3 Å². The molecule has 0 bridgehead atoms. The van der Waals surface area contributed by atoms with Crippen molar-refractivity contribution in [3.8, 4) is 0 Å². The molecule has 0 atom stereocenters. The average molecular weight is 491 g/mol. The van der Waals surface area contributed by atoms with Crippen molar-refractivity contribution in [2.24, 2.45) is 0 Å². The van der Waals surface area contributed by atoms with E-state index in [-0.39, 0.29) is 11.9 Å². The van der Waals surface area contributed by atoms with Crippen LogP contribution in [0, 0.1) is 6.92 Å². The lowest BCUT2D eigenvalue weighted by Gasteiger charge is -2.22. The third-order valence-electron chi connectivity index (χ3n) is 5.26. The van der Waals surface area contributed by atoms with Crippen molar-refractivity contribution in [2.75, 3.05) is 31.5 Å². The van der Waals surface area contributed by atoms with E-state index in [9.17, 15) is 9.59 Å². The van der Waals surface area contributed by atoms with E-state index in [2.05, 4.69) is 21.2 Å². The zero-order valence-electron chi connectivity index (χ0n) is 16.5. The van der Waals surface area contributed by atoms with Gasteiger partial charge in [0.2, 0.25) is 0 Å². The predicted molar refractivity (Wildman–Crippen MR) is 121 cm³/mol. The summed E-state index contributed by atoms with van der Waals surface area (Å²) < 4.78 is 6.80. The number of benzene rings is 2. The molecule has 0 unspecified atom stereocenters. The Balaban J connectivity index is 1.43. The van der Waals surface area contributed by atoms with E-state index in [1.807, 2.05) is 25.1 Å². The predicted octanol–water partition coefficient (Wildman–Crippen LogP) is 5.54. The molecule has 1 aromatic heterocycles. The quantitative estimate of drug-likeness (QED) is 0.513. The van der Waals surface area contributed by atoms with Crippen LogP contribution < -0.4 is 5.32 Å². The van der Waals surface area contributed by atoms with Crippen LogP contribution in [0.2, 0.25) is 5.02 Å². The number of fused-ring (bicyclic) bond motifs is 1. The van der Waals surface area contributed by atoms with Gasteiger partial charge in [-0.3, -0.25) is 4.79 Å². The van der Waals surface area contributed by atoms with Crippen molar-refractivity contribution in [1.29, 1.82) is 0 Å². The molecule has 30 heavy (non-hydrogen) atoms. The highest BCUT2D eigenvalue weighted by Crippen LogP contribution is 2.29. The van der Waals surface area contributed by atoms with Gasteiger partial charge < -0.3 is 19.5 Å². The summed E-state index contributed by atoms with van der Waals surface area (Å²) in [7, 11) is 0. The molecule has 2 aromatic carbocycles. The number of hydrogen-bond acceptors (Lipinski definition) is 3. The van der Waals surface area contributed by atoms with Crippen LogP contribution in [0.15, 0.2) is 51.4 Å². The summed E-state index contributed by atoms with van der Waals surface area (Å²) in [5.41, 5.74) is 2.21. The van der Waals surface area contributed by atoms with Crippen LogP contribution in [-0.4, -0.2) is 47.9 Å². The Morgan fingerprint density at radius 3 is 2.50 bits per heavy atom. The van der Waals surface area contributed by atoms with Crippen LogP contribution in [0.1, 0.15) is 22.5 Å². The average Bonchev–Trinajstić information content (AvgIpc) is 2.91. The molecule has 1 N–H and O–H groups in total. The number of hydrogen-bond donors (Lipinski definition) is 1. The van der Waals surface area contributed by atoms with E-state index >= 15 is 0 Å². The molecular formula is C22H21BrClN3O3. The van der Waals surface area contributed by atoms with Crippen molar-refractivity contribution < 1.29 is 14.0 Å². The maximum Gasteiger partial charge on any atom is 0.321 e. The first-order valence-corrected chi connectivity index (χ1v) is 10.9. The van der Waals surface area contributed by atoms with E-state index in [4.69, 9.17) is 16.0 Å². The molecule has 156 valence electrons. The molecular weight excluding hydrogens is 470 g/mol. The van der Waals surface area contributed by atoms with Crippen LogP contribution in [0.3, 0.4) is 0 Å². The SMILES string of the molecule is Cc1c(C(=O)N2CCCN(C(=O)Nc3ccc(Cl)cc3)CC2)oc2ccc(Br)cc12. The van der Waals surface area contributed by atoms with Gasteiger partial charge in [-0.2, -0.15) is 0 Å². The Labute approximate surface area is 187 Å². The topological polar surface area (TPSA) is 65.8 Å². The molecule has 0 radical (unpaired) electrons. The van der Waals surface area contributed by atoms with E-state index in [0.29, 0.717) is 54.7 Å². The number of urea groups is 1. The van der Waals surface area contributed by atoms with Gasteiger partial charge >= 0.3 is 6.03 Å². The molecule has 2 heterocycles. The molecule has 3 amide bonds. The summed E-state index contributed by atoms with van der Waals surface area (Å²) in [6.07, 6.45) is 0.699. The minimum absolute atomic E-state index is 0.139. The maximum absolute atomic E-state index is 13.1. The lowest BCUT2D eigenvalue weighted by molar-refractivity contribution is 0.0732. The van der Waals surface area contributed by atoms with Crippen molar-refractivity contribution in [3.05, 3.63) is 63.3 Å². The van der Waals surface area contributed by atoms with Gasteiger partial charge in [0.25, 0.3) is 5.91 Å². The molecule has 8 heteroatoms. The second kappa shape index (κ2) is 8.70. The number of carbonyl (C=O) groups is 2. The first-order chi connectivity index (χ1) is 14.4. The number of aryl methyl sites for hydroxylation is 1. The summed E-state index contributed by atoms with van der Waals surface area (Å²) in [6, 6.07) is 12.5. The van der Waals surface area contributed by atoms with Crippen LogP contribution in [0.25, 0.3) is 11.0 Å². The van der Waals surface area contributed by atoms with E-state index in [1.54, 1.807) is 34.1 Å². The number of rotatable bonds is 2. The smallest absolute Gasteiger partial charge is 0.321 e. The van der Waals surface area contributed by atoms with Gasteiger partial charge in [-0.1, -0.05) is 27.5 Å². The van der Waals surface area contributed by atoms with Crippen LogP contribution in [0.5, 0.6) is 0 Å². The van der Waals surface area contributed by atoms with Crippen LogP contribution >= 0.6 is 27.5 Å². The second-order valence-corrected chi connectivity index (χ2v) is 8.62. The Morgan fingerprint density at radius 2 is 1.73 bits per heavy atom. The first kappa shape index (κ1) is 20.8. The van der Waals surface area contributed by atoms with Crippen LogP contribution in [-0.2, 0) is 0 Å². The maximum atomic E-state index is 13.1. The van der Waals surface area contributed by atoms with Gasteiger partial charge in [-0.25, -0.2) is 4.79 Å². The summed E-state index contributed by atoms with van der Waals surface area (Å²) in [6.45, 7) is 3.96. The molecule has 0 saturated carbocycles. The number of halogens is 2. The van der Waals surface area contributed by atoms with E-state index in [1.165, 1.54) is 0 Å². The number of anilines is 1. The molecule has 0 aliphatic carbocycles. The zero-order chi connectivity index (χ0) is 21.3. The fourth-order valence-corrected chi connectivity index (χ4v) is 4.09. The highest BCUT2D eigenvalue weighted by molar-refractivity contribution is 9.10. The highest BCUT2D eigenvalue weighted by atomic mass is 79.9. The normalized spacial score (nSPS) is 14.6.